The molecule has 1 N–H and O–H groups in total. The fraction of sp³-hybridized carbons (Fsp3) is 0.208. The number of rotatable bonds is 4. The third-order valence-electron chi connectivity index (χ3n) is 5.55. The van der Waals surface area contributed by atoms with Crippen molar-refractivity contribution in [1.82, 2.24) is 19.7 Å². The number of benzene rings is 2. The van der Waals surface area contributed by atoms with Crippen LogP contribution >= 0.6 is 0 Å². The van der Waals surface area contributed by atoms with Crippen LogP contribution in [0, 0.1) is 18.3 Å². The van der Waals surface area contributed by atoms with Crippen LogP contribution in [0.25, 0.3) is 28.2 Å². The predicted octanol–water partition coefficient (Wildman–Crippen LogP) is 3.96. The molecule has 0 radical (unpaired) electrons. The van der Waals surface area contributed by atoms with Crippen LogP contribution in [0.3, 0.4) is 0 Å². The maximum Gasteiger partial charge on any atom is 0.232 e. The van der Waals surface area contributed by atoms with Crippen molar-refractivity contribution in [2.75, 3.05) is 31.2 Å². The number of anilines is 1. The second kappa shape index (κ2) is 8.09. The highest BCUT2D eigenvalue weighted by Crippen LogP contribution is 2.29. The van der Waals surface area contributed by atoms with E-state index in [2.05, 4.69) is 32.2 Å². The molecule has 5 rings (SSSR count). The van der Waals surface area contributed by atoms with Gasteiger partial charge < -0.3 is 14.6 Å². The molecular weight excluding hydrogens is 388 g/mol. The van der Waals surface area contributed by atoms with Crippen molar-refractivity contribution < 1.29 is 4.74 Å². The standard InChI is InChI=1S/C24H22N6O/c1-17-21(20-9-5-6-10-22(20)26-17)15-18(16-25)23-27-28-24(29-11-13-31-14-12-29)30(23)19-7-3-2-4-8-19/h2-10,15,26H,11-14H2,1H3. The molecule has 3 heterocycles. The van der Waals surface area contributed by atoms with E-state index in [-0.39, 0.29) is 0 Å². The lowest BCUT2D eigenvalue weighted by Gasteiger charge is -2.28. The SMILES string of the molecule is Cc1[nH]c2ccccc2c1C=C(C#N)c1nnc(N2CCOCC2)n1-c1ccccc1. The first-order chi connectivity index (χ1) is 15.3. The van der Waals surface area contributed by atoms with Crippen LogP contribution in [0.5, 0.6) is 0 Å². The molecule has 7 nitrogen and oxygen atoms in total. The summed E-state index contributed by atoms with van der Waals surface area (Å²) in [5, 5.41) is 20.1. The number of hydrogen-bond donors (Lipinski definition) is 1. The van der Waals surface area contributed by atoms with Gasteiger partial charge in [0.25, 0.3) is 0 Å². The Hall–Kier alpha value is -3.89. The number of allylic oxidation sites excluding steroid dienone is 1. The molecule has 1 aliphatic heterocycles. The van der Waals surface area contributed by atoms with Crippen molar-refractivity contribution in [1.29, 1.82) is 5.26 Å². The summed E-state index contributed by atoms with van der Waals surface area (Å²) in [4.78, 5) is 5.54. The summed E-state index contributed by atoms with van der Waals surface area (Å²) >= 11 is 0. The van der Waals surface area contributed by atoms with Crippen molar-refractivity contribution in [3.63, 3.8) is 0 Å². The van der Waals surface area contributed by atoms with Gasteiger partial charge in [-0.3, -0.25) is 4.57 Å². The van der Waals surface area contributed by atoms with Crippen LogP contribution in [-0.4, -0.2) is 46.1 Å². The number of aromatic amines is 1. The number of morpholine rings is 1. The van der Waals surface area contributed by atoms with E-state index in [1.165, 1.54) is 0 Å². The van der Waals surface area contributed by atoms with E-state index >= 15 is 0 Å². The predicted molar refractivity (Wildman–Crippen MR) is 121 cm³/mol. The monoisotopic (exact) mass is 410 g/mol. The summed E-state index contributed by atoms with van der Waals surface area (Å²) in [6, 6.07) is 20.4. The number of nitrogens with one attached hydrogen (secondary N) is 1. The number of fused-ring (bicyclic) bond motifs is 1. The number of ether oxygens (including phenoxy) is 1. The Balaban J connectivity index is 1.68. The Morgan fingerprint density at radius 2 is 1.81 bits per heavy atom. The Bertz CT molecular complexity index is 1290. The average molecular weight is 410 g/mol. The van der Waals surface area contributed by atoms with Crippen molar-refractivity contribution in [2.24, 2.45) is 0 Å². The summed E-state index contributed by atoms with van der Waals surface area (Å²) in [6.45, 7) is 4.77. The number of hydrogen-bond acceptors (Lipinski definition) is 5. The Labute approximate surface area is 180 Å². The number of para-hydroxylation sites is 2. The van der Waals surface area contributed by atoms with Gasteiger partial charge in [-0.05, 0) is 31.2 Å². The van der Waals surface area contributed by atoms with Gasteiger partial charge in [-0.1, -0.05) is 36.4 Å². The highest BCUT2D eigenvalue weighted by Gasteiger charge is 2.23. The Morgan fingerprint density at radius 1 is 1.06 bits per heavy atom. The van der Waals surface area contributed by atoms with Gasteiger partial charge >= 0.3 is 0 Å². The molecule has 0 bridgehead atoms. The summed E-state index contributed by atoms with van der Waals surface area (Å²) in [7, 11) is 0. The molecule has 7 heteroatoms. The molecule has 0 atom stereocenters. The average Bonchev–Trinajstić information content (AvgIpc) is 3.39. The number of nitriles is 1. The Kier molecular flexibility index (Phi) is 4.98. The maximum absolute atomic E-state index is 10.1. The topological polar surface area (TPSA) is 82.8 Å². The van der Waals surface area contributed by atoms with Crippen LogP contribution in [0.15, 0.2) is 54.6 Å². The highest BCUT2D eigenvalue weighted by molar-refractivity contribution is 5.98. The van der Waals surface area contributed by atoms with Crippen LogP contribution in [0.2, 0.25) is 0 Å². The van der Waals surface area contributed by atoms with Gasteiger partial charge in [-0.25, -0.2) is 0 Å². The Morgan fingerprint density at radius 3 is 2.58 bits per heavy atom. The van der Waals surface area contributed by atoms with Crippen LogP contribution in [-0.2, 0) is 4.74 Å². The molecule has 154 valence electrons. The van der Waals surface area contributed by atoms with Crippen LogP contribution in [0.1, 0.15) is 17.1 Å². The highest BCUT2D eigenvalue weighted by atomic mass is 16.5. The fourth-order valence-electron chi connectivity index (χ4n) is 4.01. The van der Waals surface area contributed by atoms with E-state index < -0.39 is 0 Å². The maximum atomic E-state index is 10.1. The van der Waals surface area contributed by atoms with E-state index in [0.717, 1.165) is 46.9 Å². The molecule has 0 amide bonds. The quantitative estimate of drug-likeness (QED) is 0.515. The summed E-state index contributed by atoms with van der Waals surface area (Å²) < 4.78 is 7.46. The van der Waals surface area contributed by atoms with Crippen molar-refractivity contribution in [2.45, 2.75) is 6.92 Å². The third kappa shape index (κ3) is 3.47. The summed E-state index contributed by atoms with van der Waals surface area (Å²) in [5.41, 5.74) is 4.42. The number of nitrogens with zero attached hydrogens (tertiary/aromatic N) is 5. The number of aryl methyl sites for hydroxylation is 1. The minimum absolute atomic E-state index is 0.462. The molecule has 1 fully saturated rings. The van der Waals surface area contributed by atoms with Gasteiger partial charge in [0.2, 0.25) is 5.95 Å². The summed E-state index contributed by atoms with van der Waals surface area (Å²) in [5.74, 6) is 1.25. The minimum Gasteiger partial charge on any atom is -0.378 e. The molecular formula is C24H22N6O. The number of H-pyrrole nitrogens is 1. The molecule has 2 aromatic carbocycles. The van der Waals surface area contributed by atoms with Gasteiger partial charge in [-0.2, -0.15) is 5.26 Å². The first-order valence-electron chi connectivity index (χ1n) is 10.3. The molecule has 0 aliphatic carbocycles. The lowest BCUT2D eigenvalue weighted by atomic mass is 10.1. The van der Waals surface area contributed by atoms with Crippen molar-refractivity contribution in [3.8, 4) is 11.8 Å². The zero-order chi connectivity index (χ0) is 21.2. The van der Waals surface area contributed by atoms with Gasteiger partial charge in [-0.15, -0.1) is 10.2 Å². The van der Waals surface area contributed by atoms with Gasteiger partial charge in [0.05, 0.1) is 24.5 Å². The molecule has 31 heavy (non-hydrogen) atoms. The molecule has 0 saturated carbocycles. The van der Waals surface area contributed by atoms with Gasteiger partial charge in [0.1, 0.15) is 6.07 Å². The van der Waals surface area contributed by atoms with Crippen LogP contribution in [0.4, 0.5) is 5.95 Å². The van der Waals surface area contributed by atoms with Gasteiger partial charge in [0.15, 0.2) is 5.82 Å². The fourth-order valence-corrected chi connectivity index (χ4v) is 4.01. The first kappa shape index (κ1) is 19.1. The van der Waals surface area contributed by atoms with Crippen LogP contribution < -0.4 is 4.90 Å². The second-order valence-corrected chi connectivity index (χ2v) is 7.47. The van der Waals surface area contributed by atoms with E-state index in [0.29, 0.717) is 24.6 Å². The number of aromatic nitrogens is 4. The molecule has 1 aliphatic rings. The van der Waals surface area contributed by atoms with Gasteiger partial charge in [0, 0.05) is 35.2 Å². The van der Waals surface area contributed by atoms with E-state index in [1.54, 1.807) is 0 Å². The van der Waals surface area contributed by atoms with E-state index in [9.17, 15) is 5.26 Å². The largest absolute Gasteiger partial charge is 0.378 e. The smallest absolute Gasteiger partial charge is 0.232 e. The lowest BCUT2D eigenvalue weighted by molar-refractivity contribution is 0.122. The van der Waals surface area contributed by atoms with Crippen molar-refractivity contribution >= 4 is 28.5 Å². The molecule has 0 unspecified atom stereocenters. The van der Waals surface area contributed by atoms with Crippen molar-refractivity contribution in [3.05, 3.63) is 71.7 Å². The molecule has 0 spiro atoms. The first-order valence-corrected chi connectivity index (χ1v) is 10.3. The molecule has 4 aromatic rings. The second-order valence-electron chi connectivity index (χ2n) is 7.47. The zero-order valence-electron chi connectivity index (χ0n) is 17.2. The normalized spacial score (nSPS) is 14.7. The lowest BCUT2D eigenvalue weighted by Crippen LogP contribution is -2.38. The minimum atomic E-state index is 0.462. The van der Waals surface area contributed by atoms with E-state index in [4.69, 9.17) is 4.74 Å². The van der Waals surface area contributed by atoms with E-state index in [1.807, 2.05) is 66.1 Å². The molecule has 1 saturated heterocycles. The zero-order valence-corrected chi connectivity index (χ0v) is 17.2. The summed E-state index contributed by atoms with van der Waals surface area (Å²) in [6.07, 6.45) is 1.90. The third-order valence-corrected chi connectivity index (χ3v) is 5.55. The molecule has 2 aromatic heterocycles.